The maximum atomic E-state index is 12.0. The summed E-state index contributed by atoms with van der Waals surface area (Å²) in [6.45, 7) is 5.99. The summed E-state index contributed by atoms with van der Waals surface area (Å²) in [7, 11) is 0. The topological polar surface area (TPSA) is 67.6 Å². The molecule has 0 saturated carbocycles. The number of hydrogen-bond acceptors (Lipinski definition) is 4. The minimum absolute atomic E-state index is 0.00345. The number of amides is 1. The smallest absolute Gasteiger partial charge is 0.251 e. The fourth-order valence-corrected chi connectivity index (χ4v) is 2.42. The molecule has 1 saturated heterocycles. The molecule has 0 atom stereocenters. The third kappa shape index (κ3) is 5.46. The molecule has 2 rings (SSSR count). The van der Waals surface area contributed by atoms with Gasteiger partial charge in [0.15, 0.2) is 0 Å². The first-order valence-corrected chi connectivity index (χ1v) is 7.67. The van der Waals surface area contributed by atoms with Crippen molar-refractivity contribution in [2.75, 3.05) is 45.9 Å². The molecule has 0 radical (unpaired) electrons. The minimum Gasteiger partial charge on any atom is -0.379 e. The second-order valence-electron chi connectivity index (χ2n) is 5.30. The summed E-state index contributed by atoms with van der Waals surface area (Å²) in [6.07, 6.45) is 1.82. The highest BCUT2D eigenvalue weighted by molar-refractivity contribution is 5.94. The van der Waals surface area contributed by atoms with E-state index in [4.69, 9.17) is 10.5 Å². The maximum absolute atomic E-state index is 12.0. The Hall–Kier alpha value is -1.43. The first-order chi connectivity index (χ1) is 10.3. The van der Waals surface area contributed by atoms with Crippen molar-refractivity contribution in [1.82, 2.24) is 10.2 Å². The quantitative estimate of drug-likeness (QED) is 0.724. The average Bonchev–Trinajstić information content (AvgIpc) is 2.53. The molecule has 5 heteroatoms. The average molecular weight is 291 g/mol. The van der Waals surface area contributed by atoms with E-state index in [1.807, 2.05) is 24.3 Å². The van der Waals surface area contributed by atoms with Gasteiger partial charge < -0.3 is 15.8 Å². The van der Waals surface area contributed by atoms with Crippen LogP contribution in [0.25, 0.3) is 0 Å². The van der Waals surface area contributed by atoms with Crippen molar-refractivity contribution in [3.63, 3.8) is 0 Å². The van der Waals surface area contributed by atoms with Crippen molar-refractivity contribution in [2.24, 2.45) is 5.73 Å². The second kappa shape index (κ2) is 8.77. The molecular formula is C16H25N3O2. The van der Waals surface area contributed by atoms with Crippen LogP contribution in [0.1, 0.15) is 22.3 Å². The van der Waals surface area contributed by atoms with E-state index in [-0.39, 0.29) is 5.91 Å². The molecule has 1 amide bonds. The van der Waals surface area contributed by atoms with E-state index in [0.29, 0.717) is 18.7 Å². The van der Waals surface area contributed by atoms with Gasteiger partial charge in [-0.2, -0.15) is 0 Å². The molecule has 1 aromatic rings. The monoisotopic (exact) mass is 291 g/mol. The third-order valence-electron chi connectivity index (χ3n) is 3.69. The Bertz CT molecular complexity index is 428. The zero-order valence-electron chi connectivity index (χ0n) is 12.5. The minimum atomic E-state index is -0.00345. The molecule has 1 fully saturated rings. The van der Waals surface area contributed by atoms with Crippen molar-refractivity contribution < 1.29 is 9.53 Å². The lowest BCUT2D eigenvalue weighted by atomic mass is 10.1. The Kier molecular flexibility index (Phi) is 6.66. The number of carbonyl (C=O) groups is 1. The summed E-state index contributed by atoms with van der Waals surface area (Å²) in [5, 5.41) is 2.97. The first-order valence-electron chi connectivity index (χ1n) is 7.67. The zero-order chi connectivity index (χ0) is 14.9. The van der Waals surface area contributed by atoms with Crippen LogP contribution in [-0.4, -0.2) is 56.7 Å². The van der Waals surface area contributed by atoms with Gasteiger partial charge >= 0.3 is 0 Å². The highest BCUT2D eigenvalue weighted by atomic mass is 16.5. The van der Waals surface area contributed by atoms with E-state index in [1.54, 1.807) is 0 Å². The summed E-state index contributed by atoms with van der Waals surface area (Å²) >= 11 is 0. The molecule has 0 unspecified atom stereocenters. The lowest BCUT2D eigenvalue weighted by Gasteiger charge is -2.26. The standard InChI is InChI=1S/C16H25N3O2/c17-7-6-14-2-4-15(5-3-14)16(20)18-8-1-9-19-10-12-21-13-11-19/h2-5H,1,6-13,17H2,(H,18,20). The van der Waals surface area contributed by atoms with Gasteiger partial charge in [0.1, 0.15) is 0 Å². The highest BCUT2D eigenvalue weighted by Gasteiger charge is 2.10. The summed E-state index contributed by atoms with van der Waals surface area (Å²) in [4.78, 5) is 14.4. The lowest BCUT2D eigenvalue weighted by molar-refractivity contribution is 0.0374. The summed E-state index contributed by atoms with van der Waals surface area (Å²) in [5.41, 5.74) is 7.39. The number of hydrogen-bond donors (Lipinski definition) is 2. The fourth-order valence-electron chi connectivity index (χ4n) is 2.42. The number of rotatable bonds is 7. The lowest BCUT2D eigenvalue weighted by Crippen LogP contribution is -2.38. The molecular weight excluding hydrogens is 266 g/mol. The van der Waals surface area contributed by atoms with Crippen molar-refractivity contribution in [2.45, 2.75) is 12.8 Å². The normalized spacial score (nSPS) is 15.9. The summed E-state index contributed by atoms with van der Waals surface area (Å²) < 4.78 is 5.31. The first kappa shape index (κ1) is 15.9. The van der Waals surface area contributed by atoms with E-state index < -0.39 is 0 Å². The molecule has 1 aromatic carbocycles. The molecule has 21 heavy (non-hydrogen) atoms. The summed E-state index contributed by atoms with van der Waals surface area (Å²) in [5.74, 6) is -0.00345. The Morgan fingerprint density at radius 2 is 1.95 bits per heavy atom. The van der Waals surface area contributed by atoms with Crippen LogP contribution >= 0.6 is 0 Å². The third-order valence-corrected chi connectivity index (χ3v) is 3.69. The number of ether oxygens (including phenoxy) is 1. The molecule has 116 valence electrons. The van der Waals surface area contributed by atoms with Crippen molar-refractivity contribution in [3.8, 4) is 0 Å². The molecule has 1 aliphatic rings. The van der Waals surface area contributed by atoms with Gasteiger partial charge in [-0.3, -0.25) is 9.69 Å². The van der Waals surface area contributed by atoms with Crippen molar-refractivity contribution in [1.29, 1.82) is 0 Å². The predicted octanol–water partition coefficient (Wildman–Crippen LogP) is 0.640. The molecule has 0 bridgehead atoms. The fraction of sp³-hybridized carbons (Fsp3) is 0.562. The van der Waals surface area contributed by atoms with Gasteiger partial charge in [-0.25, -0.2) is 0 Å². The zero-order valence-corrected chi connectivity index (χ0v) is 12.5. The highest BCUT2D eigenvalue weighted by Crippen LogP contribution is 2.05. The van der Waals surface area contributed by atoms with E-state index in [1.165, 1.54) is 5.56 Å². The molecule has 0 aliphatic carbocycles. The summed E-state index contributed by atoms with van der Waals surface area (Å²) in [6, 6.07) is 7.66. The Balaban J connectivity index is 1.66. The number of morpholine rings is 1. The van der Waals surface area contributed by atoms with E-state index >= 15 is 0 Å². The van der Waals surface area contributed by atoms with Gasteiger partial charge in [-0.1, -0.05) is 12.1 Å². The predicted molar refractivity (Wildman–Crippen MR) is 83.4 cm³/mol. The molecule has 0 spiro atoms. The molecule has 0 aromatic heterocycles. The van der Waals surface area contributed by atoms with Crippen LogP contribution in [0.3, 0.4) is 0 Å². The van der Waals surface area contributed by atoms with Crippen molar-refractivity contribution >= 4 is 5.91 Å². The van der Waals surface area contributed by atoms with Gasteiger partial charge in [0.05, 0.1) is 13.2 Å². The van der Waals surface area contributed by atoms with E-state index in [0.717, 1.165) is 45.7 Å². The molecule has 1 heterocycles. The number of carbonyl (C=O) groups excluding carboxylic acids is 1. The van der Waals surface area contributed by atoms with Crippen LogP contribution < -0.4 is 11.1 Å². The van der Waals surface area contributed by atoms with Crippen LogP contribution in [0.5, 0.6) is 0 Å². The molecule has 3 N–H and O–H groups in total. The van der Waals surface area contributed by atoms with Gasteiger partial charge in [-0.05, 0) is 43.6 Å². The number of nitrogens with zero attached hydrogens (tertiary/aromatic N) is 1. The van der Waals surface area contributed by atoms with Crippen LogP contribution in [-0.2, 0) is 11.2 Å². The van der Waals surface area contributed by atoms with E-state index in [9.17, 15) is 4.79 Å². The van der Waals surface area contributed by atoms with E-state index in [2.05, 4.69) is 10.2 Å². The maximum Gasteiger partial charge on any atom is 0.251 e. The van der Waals surface area contributed by atoms with Gasteiger partial charge in [-0.15, -0.1) is 0 Å². The van der Waals surface area contributed by atoms with Crippen LogP contribution in [0, 0.1) is 0 Å². The Morgan fingerprint density at radius 3 is 2.62 bits per heavy atom. The van der Waals surface area contributed by atoms with Gasteiger partial charge in [0.25, 0.3) is 5.91 Å². The van der Waals surface area contributed by atoms with Crippen molar-refractivity contribution in [3.05, 3.63) is 35.4 Å². The second-order valence-corrected chi connectivity index (χ2v) is 5.30. The van der Waals surface area contributed by atoms with Crippen LogP contribution in [0.4, 0.5) is 0 Å². The van der Waals surface area contributed by atoms with Crippen LogP contribution in [0.2, 0.25) is 0 Å². The largest absolute Gasteiger partial charge is 0.379 e. The van der Waals surface area contributed by atoms with Gasteiger partial charge in [0.2, 0.25) is 0 Å². The number of nitrogens with two attached hydrogens (primary N) is 1. The Labute approximate surface area is 126 Å². The number of nitrogens with one attached hydrogen (secondary N) is 1. The Morgan fingerprint density at radius 1 is 1.24 bits per heavy atom. The number of benzene rings is 1. The molecule has 5 nitrogen and oxygen atoms in total. The van der Waals surface area contributed by atoms with Crippen LogP contribution in [0.15, 0.2) is 24.3 Å². The van der Waals surface area contributed by atoms with Gasteiger partial charge in [0, 0.05) is 25.2 Å². The SMILES string of the molecule is NCCc1ccc(C(=O)NCCCN2CCOCC2)cc1. The molecule has 1 aliphatic heterocycles.